The summed E-state index contributed by atoms with van der Waals surface area (Å²) in [6.45, 7) is 5.46. The molecular weight excluding hydrogens is 372 g/mol. The third-order valence-corrected chi connectivity index (χ3v) is 8.16. The van der Waals surface area contributed by atoms with E-state index in [1.54, 1.807) is 9.37 Å². The van der Waals surface area contributed by atoms with E-state index in [9.17, 15) is 8.42 Å². The Kier molecular flexibility index (Phi) is 5.31. The molecule has 2 heterocycles. The van der Waals surface area contributed by atoms with Gasteiger partial charge in [-0.25, -0.2) is 8.42 Å². The predicted octanol–water partition coefficient (Wildman–Crippen LogP) is 3.48. The number of benzene rings is 2. The molecule has 6 heteroatoms. The van der Waals surface area contributed by atoms with Crippen LogP contribution in [0.25, 0.3) is 0 Å². The van der Waals surface area contributed by atoms with Gasteiger partial charge in [0.1, 0.15) is 5.25 Å². The lowest BCUT2D eigenvalue weighted by Gasteiger charge is -2.32. The van der Waals surface area contributed by atoms with Crippen molar-refractivity contribution in [3.05, 3.63) is 70.8 Å². The van der Waals surface area contributed by atoms with Crippen LogP contribution in [0.3, 0.4) is 0 Å². The SMILES string of the molecule is CC(C)c1ccc([C@@H]2[C@H](S(=O)(=O)N3CCc4ccccc4C3)CON2C)cc1. The van der Waals surface area contributed by atoms with Crippen molar-refractivity contribution >= 4 is 10.0 Å². The maximum Gasteiger partial charge on any atom is 0.221 e. The van der Waals surface area contributed by atoms with Gasteiger partial charge in [-0.3, -0.25) is 4.84 Å². The highest BCUT2D eigenvalue weighted by Gasteiger charge is 2.46. The number of hydrogen-bond donors (Lipinski definition) is 0. The molecule has 2 aromatic rings. The first kappa shape index (κ1) is 19.6. The fourth-order valence-corrected chi connectivity index (χ4v) is 6.16. The van der Waals surface area contributed by atoms with Gasteiger partial charge in [0.2, 0.25) is 10.0 Å². The average molecular weight is 401 g/mol. The van der Waals surface area contributed by atoms with Crippen LogP contribution in [0.5, 0.6) is 0 Å². The number of fused-ring (bicyclic) bond motifs is 1. The van der Waals surface area contributed by atoms with Crippen LogP contribution in [-0.2, 0) is 27.8 Å². The van der Waals surface area contributed by atoms with Crippen LogP contribution in [0, 0.1) is 0 Å². The highest BCUT2D eigenvalue weighted by Crippen LogP contribution is 2.36. The minimum Gasteiger partial charge on any atom is -0.297 e. The molecule has 1 fully saturated rings. The van der Waals surface area contributed by atoms with E-state index in [0.717, 1.165) is 17.5 Å². The number of hydrogen-bond acceptors (Lipinski definition) is 4. The molecule has 0 aromatic heterocycles. The van der Waals surface area contributed by atoms with E-state index >= 15 is 0 Å². The monoisotopic (exact) mass is 400 g/mol. The van der Waals surface area contributed by atoms with Crippen LogP contribution >= 0.6 is 0 Å². The third-order valence-electron chi connectivity index (χ3n) is 5.97. The Labute approximate surface area is 167 Å². The van der Waals surface area contributed by atoms with Gasteiger partial charge >= 0.3 is 0 Å². The van der Waals surface area contributed by atoms with E-state index in [1.165, 1.54) is 11.1 Å². The van der Waals surface area contributed by atoms with Crippen LogP contribution in [0.15, 0.2) is 48.5 Å². The summed E-state index contributed by atoms with van der Waals surface area (Å²) in [7, 11) is -1.67. The van der Waals surface area contributed by atoms with E-state index in [4.69, 9.17) is 4.84 Å². The molecule has 4 rings (SSSR count). The molecule has 150 valence electrons. The standard InChI is InChI=1S/C22H28N2O3S/c1-16(2)17-8-10-19(11-9-17)22-21(15-27-23(22)3)28(25,26)24-13-12-18-6-4-5-7-20(18)14-24/h4-11,16,21-22H,12-15H2,1-3H3/t21-,22-/m1/s1. The summed E-state index contributed by atoms with van der Waals surface area (Å²) in [4.78, 5) is 5.68. The van der Waals surface area contributed by atoms with Crippen LogP contribution in [0.1, 0.15) is 48.1 Å². The molecule has 0 spiro atoms. The van der Waals surface area contributed by atoms with Crippen molar-refractivity contribution in [2.75, 3.05) is 20.2 Å². The normalized spacial score (nSPS) is 23.9. The largest absolute Gasteiger partial charge is 0.297 e. The Bertz CT molecular complexity index is 941. The molecule has 0 amide bonds. The van der Waals surface area contributed by atoms with Crippen LogP contribution < -0.4 is 0 Å². The van der Waals surface area contributed by atoms with Crippen molar-refractivity contribution < 1.29 is 13.3 Å². The second kappa shape index (κ2) is 7.59. The van der Waals surface area contributed by atoms with Crippen LogP contribution in [0.4, 0.5) is 0 Å². The zero-order chi connectivity index (χ0) is 19.9. The summed E-state index contributed by atoms with van der Waals surface area (Å²) >= 11 is 0. The average Bonchev–Trinajstić information content (AvgIpc) is 3.10. The van der Waals surface area contributed by atoms with Crippen molar-refractivity contribution in [3.63, 3.8) is 0 Å². The molecule has 0 unspecified atom stereocenters. The topological polar surface area (TPSA) is 49.9 Å². The number of sulfonamides is 1. The maximum absolute atomic E-state index is 13.5. The van der Waals surface area contributed by atoms with E-state index in [0.29, 0.717) is 19.0 Å². The lowest BCUT2D eigenvalue weighted by Crippen LogP contribution is -2.44. The molecule has 28 heavy (non-hydrogen) atoms. The number of nitrogens with zero attached hydrogens (tertiary/aromatic N) is 2. The van der Waals surface area contributed by atoms with Gasteiger partial charge in [0, 0.05) is 20.1 Å². The molecule has 2 aliphatic heterocycles. The van der Waals surface area contributed by atoms with E-state index in [2.05, 4.69) is 32.0 Å². The van der Waals surface area contributed by atoms with Crippen LogP contribution in [-0.4, -0.2) is 43.2 Å². The van der Waals surface area contributed by atoms with Gasteiger partial charge in [-0.1, -0.05) is 62.4 Å². The Hall–Kier alpha value is -1.73. The molecule has 2 aromatic carbocycles. The van der Waals surface area contributed by atoms with Gasteiger partial charge in [0.15, 0.2) is 0 Å². The summed E-state index contributed by atoms with van der Waals surface area (Å²) in [6, 6.07) is 16.1. The lowest BCUT2D eigenvalue weighted by atomic mass is 9.98. The summed E-state index contributed by atoms with van der Waals surface area (Å²) in [5, 5.41) is 1.09. The second-order valence-corrected chi connectivity index (χ2v) is 10.2. The minimum atomic E-state index is -3.49. The van der Waals surface area contributed by atoms with Gasteiger partial charge in [0.25, 0.3) is 0 Å². The second-order valence-electron chi connectivity index (χ2n) is 8.04. The summed E-state index contributed by atoms with van der Waals surface area (Å²) in [5.41, 5.74) is 4.57. The molecule has 0 bridgehead atoms. The number of hydroxylamine groups is 2. The smallest absolute Gasteiger partial charge is 0.221 e. The van der Waals surface area contributed by atoms with Crippen LogP contribution in [0.2, 0.25) is 0 Å². The van der Waals surface area contributed by atoms with E-state index in [1.807, 2.05) is 37.4 Å². The van der Waals surface area contributed by atoms with Crippen molar-refractivity contribution in [3.8, 4) is 0 Å². The fraction of sp³-hybridized carbons (Fsp3) is 0.455. The molecule has 0 saturated carbocycles. The highest BCUT2D eigenvalue weighted by molar-refractivity contribution is 7.89. The van der Waals surface area contributed by atoms with Gasteiger partial charge in [-0.2, -0.15) is 9.37 Å². The first-order valence-corrected chi connectivity index (χ1v) is 11.4. The van der Waals surface area contributed by atoms with Crippen molar-refractivity contribution in [2.45, 2.75) is 44.0 Å². The molecule has 5 nitrogen and oxygen atoms in total. The Morgan fingerprint density at radius 3 is 2.39 bits per heavy atom. The first-order valence-electron chi connectivity index (χ1n) is 9.89. The number of rotatable bonds is 4. The molecule has 0 radical (unpaired) electrons. The zero-order valence-corrected chi connectivity index (χ0v) is 17.5. The zero-order valence-electron chi connectivity index (χ0n) is 16.7. The summed E-state index contributed by atoms with van der Waals surface area (Å²) in [6.07, 6.45) is 0.757. The summed E-state index contributed by atoms with van der Waals surface area (Å²) in [5.74, 6) is 0.444. The van der Waals surface area contributed by atoms with Crippen molar-refractivity contribution in [1.82, 2.24) is 9.37 Å². The fourth-order valence-electron chi connectivity index (χ4n) is 4.23. The van der Waals surface area contributed by atoms with Crippen molar-refractivity contribution in [2.24, 2.45) is 0 Å². The van der Waals surface area contributed by atoms with Gasteiger partial charge in [-0.05, 0) is 34.6 Å². The molecule has 0 N–H and O–H groups in total. The van der Waals surface area contributed by atoms with Gasteiger partial charge in [0.05, 0.1) is 12.6 Å². The summed E-state index contributed by atoms with van der Waals surface area (Å²) < 4.78 is 28.7. The van der Waals surface area contributed by atoms with Gasteiger partial charge in [-0.15, -0.1) is 0 Å². The first-order chi connectivity index (χ1) is 13.4. The molecule has 1 saturated heterocycles. The molecule has 2 atom stereocenters. The van der Waals surface area contributed by atoms with Gasteiger partial charge < -0.3 is 0 Å². The van der Waals surface area contributed by atoms with E-state index < -0.39 is 15.3 Å². The Balaban J connectivity index is 1.61. The Morgan fingerprint density at radius 1 is 1.04 bits per heavy atom. The molecule has 0 aliphatic carbocycles. The molecule has 2 aliphatic rings. The molecular formula is C22H28N2O3S. The third kappa shape index (κ3) is 3.50. The van der Waals surface area contributed by atoms with Crippen molar-refractivity contribution in [1.29, 1.82) is 0 Å². The minimum absolute atomic E-state index is 0.188. The lowest BCUT2D eigenvalue weighted by molar-refractivity contribution is -0.110. The predicted molar refractivity (Wildman–Crippen MR) is 110 cm³/mol. The Morgan fingerprint density at radius 2 is 1.71 bits per heavy atom. The quantitative estimate of drug-likeness (QED) is 0.788. The highest BCUT2D eigenvalue weighted by atomic mass is 32.2. The van der Waals surface area contributed by atoms with E-state index in [-0.39, 0.29) is 12.6 Å². The maximum atomic E-state index is 13.5.